The number of rotatable bonds is 5. The first kappa shape index (κ1) is 15.3. The van der Waals surface area contributed by atoms with Crippen molar-refractivity contribution >= 4 is 33.2 Å². The largest absolute Gasteiger partial charge is 0.481 e. The number of thiazole rings is 1. The summed E-state index contributed by atoms with van der Waals surface area (Å²) in [5.74, 6) is 0.793. The van der Waals surface area contributed by atoms with Crippen LogP contribution in [0.25, 0.3) is 10.2 Å². The van der Waals surface area contributed by atoms with Crippen LogP contribution in [0.3, 0.4) is 0 Å². The molecule has 0 unspecified atom stereocenters. The highest BCUT2D eigenvalue weighted by atomic mass is 35.5. The van der Waals surface area contributed by atoms with E-state index in [1.807, 2.05) is 32.2 Å². The van der Waals surface area contributed by atoms with Crippen molar-refractivity contribution in [3.05, 3.63) is 39.5 Å². The number of hydrogen-bond acceptors (Lipinski definition) is 5. The van der Waals surface area contributed by atoms with Crippen LogP contribution in [0.4, 0.5) is 0 Å². The van der Waals surface area contributed by atoms with Gasteiger partial charge in [0.05, 0.1) is 28.6 Å². The van der Waals surface area contributed by atoms with Crippen molar-refractivity contribution in [2.75, 3.05) is 7.11 Å². The molecule has 2 heterocycles. The number of ether oxygens (including phenoxy) is 1. The van der Waals surface area contributed by atoms with E-state index in [4.69, 9.17) is 16.3 Å². The van der Waals surface area contributed by atoms with E-state index in [0.717, 1.165) is 32.4 Å². The number of methoxy groups -OCH3 is 1. The van der Waals surface area contributed by atoms with Crippen LogP contribution >= 0.6 is 22.9 Å². The molecule has 3 aromatic rings. The predicted octanol–water partition coefficient (Wildman–Crippen LogP) is 3.29. The van der Waals surface area contributed by atoms with Gasteiger partial charge >= 0.3 is 0 Å². The van der Waals surface area contributed by atoms with Crippen LogP contribution in [0, 0.1) is 6.92 Å². The quantitative estimate of drug-likeness (QED) is 0.776. The Hall–Kier alpha value is -1.63. The van der Waals surface area contributed by atoms with Crippen molar-refractivity contribution in [1.29, 1.82) is 0 Å². The zero-order chi connectivity index (χ0) is 15.7. The Morgan fingerprint density at radius 3 is 2.95 bits per heavy atom. The Labute approximate surface area is 137 Å². The molecular weight excluding hydrogens is 320 g/mol. The molecule has 0 fully saturated rings. The fourth-order valence-corrected chi connectivity index (χ4v) is 3.54. The van der Waals surface area contributed by atoms with Crippen molar-refractivity contribution in [1.82, 2.24) is 20.1 Å². The third kappa shape index (κ3) is 2.95. The van der Waals surface area contributed by atoms with Gasteiger partial charge in [-0.15, -0.1) is 11.3 Å². The highest BCUT2D eigenvalue weighted by molar-refractivity contribution is 7.18. The summed E-state index contributed by atoms with van der Waals surface area (Å²) in [5, 5.41) is 9.54. The zero-order valence-corrected chi connectivity index (χ0v) is 14.3. The summed E-state index contributed by atoms with van der Waals surface area (Å²) in [6.07, 6.45) is 0. The minimum atomic E-state index is 0.694. The molecule has 0 atom stereocenters. The third-order valence-corrected chi connectivity index (χ3v) is 4.73. The minimum absolute atomic E-state index is 0.694. The average molecular weight is 337 g/mol. The highest BCUT2D eigenvalue weighted by Crippen LogP contribution is 2.25. The van der Waals surface area contributed by atoms with Gasteiger partial charge in [0.15, 0.2) is 0 Å². The lowest BCUT2D eigenvalue weighted by molar-refractivity contribution is 0.368. The molecule has 0 radical (unpaired) electrons. The van der Waals surface area contributed by atoms with Crippen LogP contribution < -0.4 is 10.1 Å². The van der Waals surface area contributed by atoms with Gasteiger partial charge in [0.1, 0.15) is 5.01 Å². The third-order valence-electron chi connectivity index (χ3n) is 3.45. The molecule has 116 valence electrons. The number of fused-ring (bicyclic) bond motifs is 1. The van der Waals surface area contributed by atoms with E-state index in [-0.39, 0.29) is 0 Å². The van der Waals surface area contributed by atoms with Crippen LogP contribution in [0.2, 0.25) is 5.02 Å². The number of halogens is 1. The second-order valence-corrected chi connectivity index (χ2v) is 6.57. The molecule has 0 aliphatic heterocycles. The van der Waals surface area contributed by atoms with E-state index in [1.165, 1.54) is 0 Å². The van der Waals surface area contributed by atoms with Crippen LogP contribution in [0.5, 0.6) is 5.88 Å². The molecule has 0 aliphatic carbocycles. The van der Waals surface area contributed by atoms with Gasteiger partial charge in [0.2, 0.25) is 5.88 Å². The summed E-state index contributed by atoms with van der Waals surface area (Å²) < 4.78 is 8.30. The highest BCUT2D eigenvalue weighted by Gasteiger charge is 2.13. The Morgan fingerprint density at radius 2 is 2.18 bits per heavy atom. The van der Waals surface area contributed by atoms with Gasteiger partial charge in [-0.25, -0.2) is 9.67 Å². The first-order valence-electron chi connectivity index (χ1n) is 6.90. The topological polar surface area (TPSA) is 52.0 Å². The summed E-state index contributed by atoms with van der Waals surface area (Å²) in [4.78, 5) is 4.59. The van der Waals surface area contributed by atoms with Crippen LogP contribution in [0.15, 0.2) is 18.2 Å². The van der Waals surface area contributed by atoms with Gasteiger partial charge in [-0.3, -0.25) is 0 Å². The second-order valence-electron chi connectivity index (χ2n) is 5.02. The van der Waals surface area contributed by atoms with Crippen molar-refractivity contribution in [2.45, 2.75) is 20.0 Å². The van der Waals surface area contributed by atoms with E-state index in [9.17, 15) is 0 Å². The Bertz CT molecular complexity index is 811. The van der Waals surface area contributed by atoms with Crippen LogP contribution in [-0.2, 0) is 20.1 Å². The molecule has 7 heteroatoms. The fraction of sp³-hybridized carbons (Fsp3) is 0.333. The molecule has 1 aromatic carbocycles. The lowest BCUT2D eigenvalue weighted by Crippen LogP contribution is -2.13. The number of hydrogen-bond donors (Lipinski definition) is 1. The maximum atomic E-state index is 5.99. The van der Waals surface area contributed by atoms with Crippen molar-refractivity contribution in [3.8, 4) is 5.88 Å². The fourth-order valence-electron chi connectivity index (χ4n) is 2.46. The number of nitrogens with one attached hydrogen (secondary N) is 1. The van der Waals surface area contributed by atoms with Gasteiger partial charge in [0.25, 0.3) is 0 Å². The van der Waals surface area contributed by atoms with Crippen molar-refractivity contribution in [3.63, 3.8) is 0 Å². The number of aryl methyl sites for hydroxylation is 2. The second kappa shape index (κ2) is 6.24. The first-order chi connectivity index (χ1) is 10.6. The molecular formula is C15H17ClN4OS. The van der Waals surface area contributed by atoms with Crippen LogP contribution in [-0.4, -0.2) is 21.9 Å². The Balaban J connectivity index is 1.70. The normalized spacial score (nSPS) is 11.3. The molecule has 5 nitrogen and oxygen atoms in total. The number of benzene rings is 1. The smallest absolute Gasteiger partial charge is 0.216 e. The van der Waals surface area contributed by atoms with Crippen LogP contribution in [0.1, 0.15) is 16.3 Å². The lowest BCUT2D eigenvalue weighted by Gasteiger charge is -2.05. The van der Waals surface area contributed by atoms with Gasteiger partial charge in [-0.05, 0) is 25.1 Å². The van der Waals surface area contributed by atoms with Crippen molar-refractivity contribution < 1.29 is 4.74 Å². The molecule has 0 bridgehead atoms. The molecule has 1 N–H and O–H groups in total. The van der Waals surface area contributed by atoms with E-state index < -0.39 is 0 Å². The maximum absolute atomic E-state index is 5.99. The molecule has 0 aliphatic rings. The average Bonchev–Trinajstić information content (AvgIpc) is 2.99. The van der Waals surface area contributed by atoms with Gasteiger partial charge in [0, 0.05) is 25.2 Å². The SMILES string of the molecule is COc1c(CNCc2nc3cc(Cl)ccc3s2)c(C)nn1C. The summed E-state index contributed by atoms with van der Waals surface area (Å²) in [6.45, 7) is 3.38. The van der Waals surface area contributed by atoms with Gasteiger partial charge < -0.3 is 10.1 Å². The number of nitrogens with zero attached hydrogens (tertiary/aromatic N) is 3. The Kier molecular flexibility index (Phi) is 4.33. The molecule has 22 heavy (non-hydrogen) atoms. The lowest BCUT2D eigenvalue weighted by atomic mass is 10.2. The van der Waals surface area contributed by atoms with Crippen molar-refractivity contribution in [2.24, 2.45) is 7.05 Å². The van der Waals surface area contributed by atoms with Gasteiger partial charge in [-0.1, -0.05) is 11.6 Å². The first-order valence-corrected chi connectivity index (χ1v) is 8.10. The standard InChI is InChI=1S/C15H17ClN4OS/c1-9-11(15(21-3)20(2)19-9)7-17-8-14-18-12-6-10(16)4-5-13(12)22-14/h4-6,17H,7-8H2,1-3H3. The molecule has 0 saturated carbocycles. The maximum Gasteiger partial charge on any atom is 0.216 e. The molecule has 0 spiro atoms. The molecule has 2 aromatic heterocycles. The summed E-state index contributed by atoms with van der Waals surface area (Å²) >= 11 is 7.67. The summed E-state index contributed by atoms with van der Waals surface area (Å²) in [6, 6.07) is 5.79. The molecule has 0 amide bonds. The number of aromatic nitrogens is 3. The van der Waals surface area contributed by atoms with E-state index in [2.05, 4.69) is 15.4 Å². The molecule has 0 saturated heterocycles. The monoisotopic (exact) mass is 336 g/mol. The molecule has 3 rings (SSSR count). The van der Waals surface area contributed by atoms with E-state index in [0.29, 0.717) is 18.1 Å². The minimum Gasteiger partial charge on any atom is -0.481 e. The van der Waals surface area contributed by atoms with E-state index in [1.54, 1.807) is 23.1 Å². The summed E-state index contributed by atoms with van der Waals surface area (Å²) in [7, 11) is 3.55. The predicted molar refractivity (Wildman–Crippen MR) is 89.7 cm³/mol. The van der Waals surface area contributed by atoms with Gasteiger partial charge in [-0.2, -0.15) is 5.10 Å². The Morgan fingerprint density at radius 1 is 1.36 bits per heavy atom. The van der Waals surface area contributed by atoms with E-state index >= 15 is 0 Å². The zero-order valence-electron chi connectivity index (χ0n) is 12.7. The summed E-state index contributed by atoms with van der Waals surface area (Å²) in [5.41, 5.74) is 3.00.